The zero-order valence-electron chi connectivity index (χ0n) is 10.7. The van der Waals surface area contributed by atoms with E-state index in [1.807, 2.05) is 13.8 Å². The van der Waals surface area contributed by atoms with Gasteiger partial charge in [-0.2, -0.15) is 0 Å². The Morgan fingerprint density at radius 2 is 1.81 bits per heavy atom. The van der Waals surface area contributed by atoms with E-state index in [2.05, 4.69) is 0 Å². The van der Waals surface area contributed by atoms with Crippen LogP contribution in [-0.2, 0) is 14.3 Å². The maximum absolute atomic E-state index is 11.6. The quantitative estimate of drug-likeness (QED) is 0.582. The van der Waals surface area contributed by atoms with Gasteiger partial charge in [0, 0.05) is 0 Å². The molecule has 2 unspecified atom stereocenters. The summed E-state index contributed by atoms with van der Waals surface area (Å²) in [6.45, 7) is 9.09. The molecule has 0 saturated carbocycles. The molecule has 4 nitrogen and oxygen atoms in total. The van der Waals surface area contributed by atoms with E-state index in [-0.39, 0.29) is 5.92 Å². The number of carboxylic acids is 1. The van der Waals surface area contributed by atoms with Gasteiger partial charge >= 0.3 is 11.9 Å². The van der Waals surface area contributed by atoms with Gasteiger partial charge in [-0.1, -0.05) is 20.3 Å². The minimum atomic E-state index is -1.10. The van der Waals surface area contributed by atoms with Gasteiger partial charge in [-0.15, -0.1) is 0 Å². The molecular formula is C12H22O4. The van der Waals surface area contributed by atoms with Gasteiger partial charge in [-0.05, 0) is 33.1 Å². The van der Waals surface area contributed by atoms with Gasteiger partial charge in [0.05, 0.1) is 0 Å². The summed E-state index contributed by atoms with van der Waals surface area (Å²) >= 11 is 0. The highest BCUT2D eigenvalue weighted by Crippen LogP contribution is 2.19. The lowest BCUT2D eigenvalue weighted by Gasteiger charge is -2.23. The van der Waals surface area contributed by atoms with E-state index in [4.69, 9.17) is 9.84 Å². The second-order valence-electron chi connectivity index (χ2n) is 5.17. The van der Waals surface area contributed by atoms with Gasteiger partial charge in [0.1, 0.15) is 5.60 Å². The minimum absolute atomic E-state index is 0.202. The molecule has 0 aliphatic heterocycles. The average molecular weight is 230 g/mol. The first kappa shape index (κ1) is 14.9. The van der Waals surface area contributed by atoms with E-state index >= 15 is 0 Å². The lowest BCUT2D eigenvalue weighted by molar-refractivity contribution is -0.167. The summed E-state index contributed by atoms with van der Waals surface area (Å²) in [5.74, 6) is -2.59. The fourth-order valence-corrected chi connectivity index (χ4v) is 1.24. The van der Waals surface area contributed by atoms with E-state index < -0.39 is 23.5 Å². The van der Waals surface area contributed by atoms with Gasteiger partial charge in [-0.25, -0.2) is 0 Å². The van der Waals surface area contributed by atoms with Crippen molar-refractivity contribution >= 4 is 11.9 Å². The number of esters is 1. The third kappa shape index (κ3) is 5.73. The van der Waals surface area contributed by atoms with Crippen LogP contribution in [0, 0.1) is 11.8 Å². The number of aliphatic carboxylic acids is 1. The molecule has 16 heavy (non-hydrogen) atoms. The predicted molar refractivity (Wildman–Crippen MR) is 61.0 cm³/mol. The molecule has 0 aromatic carbocycles. The molecule has 1 N–H and O–H groups in total. The zero-order chi connectivity index (χ0) is 12.9. The van der Waals surface area contributed by atoms with Crippen molar-refractivity contribution in [3.05, 3.63) is 0 Å². The lowest BCUT2D eigenvalue weighted by atomic mass is 9.94. The highest BCUT2D eigenvalue weighted by atomic mass is 16.6. The Morgan fingerprint density at radius 1 is 1.31 bits per heavy atom. The first-order chi connectivity index (χ1) is 7.17. The van der Waals surface area contributed by atoms with Gasteiger partial charge in [-0.3, -0.25) is 9.59 Å². The topological polar surface area (TPSA) is 63.6 Å². The molecule has 0 bridgehead atoms. The number of carboxylic acid groups (broad SMARTS) is 1. The number of hydrogen-bond acceptors (Lipinski definition) is 3. The molecule has 4 heteroatoms. The smallest absolute Gasteiger partial charge is 0.320 e. The van der Waals surface area contributed by atoms with Crippen molar-refractivity contribution in [2.45, 2.75) is 53.1 Å². The summed E-state index contributed by atoms with van der Waals surface area (Å²) in [5, 5.41) is 8.98. The van der Waals surface area contributed by atoms with Crippen LogP contribution < -0.4 is 0 Å². The van der Waals surface area contributed by atoms with Crippen molar-refractivity contribution in [2.24, 2.45) is 11.8 Å². The molecule has 0 fully saturated rings. The second-order valence-corrected chi connectivity index (χ2v) is 5.17. The molecular weight excluding hydrogens is 208 g/mol. The van der Waals surface area contributed by atoms with E-state index in [0.717, 1.165) is 6.42 Å². The average Bonchev–Trinajstić information content (AvgIpc) is 2.09. The fourth-order valence-electron chi connectivity index (χ4n) is 1.24. The Labute approximate surface area is 97.0 Å². The Bertz CT molecular complexity index is 252. The maximum atomic E-state index is 11.6. The Balaban J connectivity index is 4.54. The third-order valence-corrected chi connectivity index (χ3v) is 2.32. The van der Waals surface area contributed by atoms with Gasteiger partial charge < -0.3 is 9.84 Å². The molecule has 2 atom stereocenters. The van der Waals surface area contributed by atoms with Crippen LogP contribution in [0.15, 0.2) is 0 Å². The van der Waals surface area contributed by atoms with Crippen molar-refractivity contribution in [3.63, 3.8) is 0 Å². The lowest BCUT2D eigenvalue weighted by Crippen LogP contribution is -2.33. The van der Waals surface area contributed by atoms with Crippen LogP contribution >= 0.6 is 0 Å². The summed E-state index contributed by atoms with van der Waals surface area (Å²) in [4.78, 5) is 22.6. The monoisotopic (exact) mass is 230 g/mol. The highest BCUT2D eigenvalue weighted by molar-refractivity contribution is 5.94. The Morgan fingerprint density at radius 3 is 2.12 bits per heavy atom. The molecule has 0 heterocycles. The van der Waals surface area contributed by atoms with Crippen LogP contribution in [-0.4, -0.2) is 22.6 Å². The molecule has 0 rings (SSSR count). The molecule has 0 radical (unpaired) electrons. The largest absolute Gasteiger partial charge is 0.481 e. The first-order valence-corrected chi connectivity index (χ1v) is 5.63. The summed E-state index contributed by atoms with van der Waals surface area (Å²) in [7, 11) is 0. The van der Waals surface area contributed by atoms with Crippen molar-refractivity contribution < 1.29 is 19.4 Å². The molecule has 94 valence electrons. The molecule has 0 amide bonds. The van der Waals surface area contributed by atoms with Crippen LogP contribution in [0.5, 0.6) is 0 Å². The number of carbonyl (C=O) groups excluding carboxylic acids is 1. The maximum Gasteiger partial charge on any atom is 0.320 e. The summed E-state index contributed by atoms with van der Waals surface area (Å²) in [5.41, 5.74) is -0.639. The number of ether oxygens (including phenoxy) is 1. The van der Waals surface area contributed by atoms with Crippen molar-refractivity contribution in [1.82, 2.24) is 0 Å². The SMILES string of the molecule is CCC(C)CC(C(=O)O)C(=O)OC(C)(C)C. The van der Waals surface area contributed by atoms with Crippen molar-refractivity contribution in [1.29, 1.82) is 0 Å². The summed E-state index contributed by atoms with van der Waals surface area (Å²) in [6.07, 6.45) is 1.19. The third-order valence-electron chi connectivity index (χ3n) is 2.32. The first-order valence-electron chi connectivity index (χ1n) is 5.63. The van der Waals surface area contributed by atoms with Crippen LogP contribution in [0.3, 0.4) is 0 Å². The number of hydrogen-bond donors (Lipinski definition) is 1. The zero-order valence-corrected chi connectivity index (χ0v) is 10.7. The van der Waals surface area contributed by atoms with Gasteiger partial charge in [0.15, 0.2) is 5.92 Å². The Hall–Kier alpha value is -1.06. The van der Waals surface area contributed by atoms with Crippen LogP contribution in [0.2, 0.25) is 0 Å². The number of carbonyl (C=O) groups is 2. The molecule has 0 saturated heterocycles. The standard InChI is InChI=1S/C12H22O4/c1-6-8(2)7-9(10(13)14)11(15)16-12(3,4)5/h8-9H,6-7H2,1-5H3,(H,13,14). The van der Waals surface area contributed by atoms with Gasteiger partial charge in [0.25, 0.3) is 0 Å². The normalized spacial score (nSPS) is 15.3. The van der Waals surface area contributed by atoms with Crippen LogP contribution in [0.25, 0.3) is 0 Å². The minimum Gasteiger partial charge on any atom is -0.481 e. The highest BCUT2D eigenvalue weighted by Gasteiger charge is 2.31. The second kappa shape index (κ2) is 5.87. The summed E-state index contributed by atoms with van der Waals surface area (Å²) < 4.78 is 5.09. The van der Waals surface area contributed by atoms with E-state index in [0.29, 0.717) is 6.42 Å². The van der Waals surface area contributed by atoms with E-state index in [1.54, 1.807) is 20.8 Å². The predicted octanol–water partition coefficient (Wildman–Crippen LogP) is 2.47. The molecule has 0 aromatic heterocycles. The van der Waals surface area contributed by atoms with E-state index in [1.165, 1.54) is 0 Å². The van der Waals surface area contributed by atoms with Crippen molar-refractivity contribution in [2.75, 3.05) is 0 Å². The van der Waals surface area contributed by atoms with Gasteiger partial charge in [0.2, 0.25) is 0 Å². The Kier molecular flexibility index (Phi) is 5.48. The summed E-state index contributed by atoms with van der Waals surface area (Å²) in [6, 6.07) is 0. The van der Waals surface area contributed by atoms with Crippen molar-refractivity contribution in [3.8, 4) is 0 Å². The molecule has 0 aliphatic carbocycles. The van der Waals surface area contributed by atoms with E-state index in [9.17, 15) is 9.59 Å². The fraction of sp³-hybridized carbons (Fsp3) is 0.833. The van der Waals surface area contributed by atoms with Crippen LogP contribution in [0.1, 0.15) is 47.5 Å². The molecule has 0 aromatic rings. The van der Waals surface area contributed by atoms with Crippen LogP contribution in [0.4, 0.5) is 0 Å². The molecule has 0 aliphatic rings. The molecule has 0 spiro atoms. The number of rotatable bonds is 5.